The number of hydrogen-bond acceptors (Lipinski definition) is 5. The van der Waals surface area contributed by atoms with Crippen LogP contribution in [0.25, 0.3) is 22.3 Å². The second kappa shape index (κ2) is 8.02. The molecular weight excluding hydrogens is 369 g/mol. The Morgan fingerprint density at radius 3 is 2.59 bits per heavy atom. The summed E-state index contributed by atoms with van der Waals surface area (Å²) in [6.45, 7) is 0.0743. The van der Waals surface area contributed by atoms with Crippen LogP contribution in [0.4, 0.5) is 15.9 Å². The Bertz CT molecular complexity index is 1150. The van der Waals surface area contributed by atoms with Gasteiger partial charge >= 0.3 is 0 Å². The maximum absolute atomic E-state index is 13.0. The molecule has 29 heavy (non-hydrogen) atoms. The lowest BCUT2D eigenvalue weighted by Gasteiger charge is -2.20. The molecule has 1 N–H and O–H groups in total. The summed E-state index contributed by atoms with van der Waals surface area (Å²) in [5.74, 6) is 0.599. The number of amides is 1. The van der Waals surface area contributed by atoms with Gasteiger partial charge in [-0.2, -0.15) is 0 Å². The van der Waals surface area contributed by atoms with E-state index in [1.54, 1.807) is 24.3 Å². The third-order valence-electron chi connectivity index (χ3n) is 4.37. The molecule has 0 aliphatic carbocycles. The summed E-state index contributed by atoms with van der Waals surface area (Å²) in [6, 6.07) is 17.0. The van der Waals surface area contributed by atoms with E-state index in [0.29, 0.717) is 17.3 Å². The molecule has 6 nitrogen and oxygen atoms in total. The SMILES string of the molecule is CN(CC(=O)Nc1ccc(F)cc1)c1nc(-c2cccnc2)nc2ccccc12. The van der Waals surface area contributed by atoms with Gasteiger partial charge in [-0.25, -0.2) is 14.4 Å². The highest BCUT2D eigenvalue weighted by molar-refractivity contribution is 5.96. The van der Waals surface area contributed by atoms with Crippen LogP contribution >= 0.6 is 0 Å². The molecule has 7 heteroatoms. The van der Waals surface area contributed by atoms with Crippen molar-refractivity contribution >= 4 is 28.3 Å². The minimum atomic E-state index is -0.351. The molecule has 0 unspecified atom stereocenters. The van der Waals surface area contributed by atoms with Gasteiger partial charge in [-0.15, -0.1) is 0 Å². The highest BCUT2D eigenvalue weighted by Crippen LogP contribution is 2.26. The molecule has 1 amide bonds. The fourth-order valence-corrected chi connectivity index (χ4v) is 3.00. The molecule has 0 aliphatic heterocycles. The molecule has 2 aromatic carbocycles. The molecular formula is C22H18FN5O. The van der Waals surface area contributed by atoms with Crippen LogP contribution < -0.4 is 10.2 Å². The number of nitrogens with one attached hydrogen (secondary N) is 1. The average molecular weight is 387 g/mol. The molecule has 0 radical (unpaired) electrons. The first kappa shape index (κ1) is 18.5. The Morgan fingerprint density at radius 1 is 1.03 bits per heavy atom. The van der Waals surface area contributed by atoms with Gasteiger partial charge < -0.3 is 10.2 Å². The van der Waals surface area contributed by atoms with Crippen molar-refractivity contribution in [2.24, 2.45) is 0 Å². The molecule has 144 valence electrons. The zero-order chi connectivity index (χ0) is 20.2. The standard InChI is InChI=1S/C22H18FN5O/c1-28(14-20(29)25-17-10-8-16(23)9-11-17)22-18-6-2-3-7-19(18)26-21(27-22)15-5-4-12-24-13-15/h2-13H,14H2,1H3,(H,25,29). The zero-order valence-corrected chi connectivity index (χ0v) is 15.7. The number of halogens is 1. The van der Waals surface area contributed by atoms with Crippen LogP contribution in [0, 0.1) is 5.82 Å². The molecule has 0 fully saturated rings. The zero-order valence-electron chi connectivity index (χ0n) is 15.7. The topological polar surface area (TPSA) is 71.0 Å². The molecule has 0 aliphatic rings. The lowest BCUT2D eigenvalue weighted by molar-refractivity contribution is -0.114. The number of carbonyl (C=O) groups is 1. The highest BCUT2D eigenvalue weighted by Gasteiger charge is 2.15. The molecule has 0 atom stereocenters. The molecule has 0 bridgehead atoms. The first-order chi connectivity index (χ1) is 14.1. The van der Waals surface area contributed by atoms with E-state index in [1.807, 2.05) is 36.4 Å². The van der Waals surface area contributed by atoms with Gasteiger partial charge in [0.15, 0.2) is 5.82 Å². The second-order valence-electron chi connectivity index (χ2n) is 6.54. The number of carbonyl (C=O) groups excluding carboxylic acids is 1. The Labute approximate surface area is 167 Å². The monoisotopic (exact) mass is 387 g/mol. The maximum Gasteiger partial charge on any atom is 0.243 e. The Balaban J connectivity index is 1.63. The normalized spacial score (nSPS) is 10.7. The van der Waals surface area contributed by atoms with Crippen LogP contribution in [-0.2, 0) is 4.79 Å². The van der Waals surface area contributed by atoms with E-state index < -0.39 is 0 Å². The number of anilines is 2. The van der Waals surface area contributed by atoms with Gasteiger partial charge in [0, 0.05) is 36.1 Å². The van der Waals surface area contributed by atoms with Gasteiger partial charge in [0.2, 0.25) is 5.91 Å². The lowest BCUT2D eigenvalue weighted by Crippen LogP contribution is -2.31. The number of hydrogen-bond donors (Lipinski definition) is 1. The van der Waals surface area contributed by atoms with Gasteiger partial charge in [0.05, 0.1) is 12.1 Å². The van der Waals surface area contributed by atoms with Crippen LogP contribution in [0.2, 0.25) is 0 Å². The van der Waals surface area contributed by atoms with E-state index in [4.69, 9.17) is 0 Å². The predicted octanol–water partition coefficient (Wildman–Crippen LogP) is 3.91. The van der Waals surface area contributed by atoms with Gasteiger partial charge in [-0.05, 0) is 48.5 Å². The van der Waals surface area contributed by atoms with Crippen molar-refractivity contribution < 1.29 is 9.18 Å². The van der Waals surface area contributed by atoms with Crippen molar-refractivity contribution in [3.8, 4) is 11.4 Å². The Hall–Kier alpha value is -3.87. The molecule has 2 aromatic heterocycles. The van der Waals surface area contributed by atoms with E-state index in [9.17, 15) is 9.18 Å². The average Bonchev–Trinajstić information content (AvgIpc) is 2.75. The van der Waals surface area contributed by atoms with Crippen LogP contribution in [0.15, 0.2) is 73.1 Å². The number of rotatable bonds is 5. The first-order valence-electron chi connectivity index (χ1n) is 9.04. The highest BCUT2D eigenvalue weighted by atomic mass is 19.1. The number of pyridine rings is 1. The number of fused-ring (bicyclic) bond motifs is 1. The predicted molar refractivity (Wildman–Crippen MR) is 111 cm³/mol. The van der Waals surface area contributed by atoms with Crippen molar-refractivity contribution in [2.45, 2.75) is 0 Å². The van der Waals surface area contributed by atoms with Crippen molar-refractivity contribution in [3.63, 3.8) is 0 Å². The molecule has 4 rings (SSSR count). The van der Waals surface area contributed by atoms with E-state index >= 15 is 0 Å². The maximum atomic E-state index is 13.0. The Morgan fingerprint density at radius 2 is 1.83 bits per heavy atom. The number of para-hydroxylation sites is 1. The number of benzene rings is 2. The quantitative estimate of drug-likeness (QED) is 0.562. The van der Waals surface area contributed by atoms with E-state index in [0.717, 1.165) is 16.5 Å². The second-order valence-corrected chi connectivity index (χ2v) is 6.54. The summed E-state index contributed by atoms with van der Waals surface area (Å²) in [4.78, 5) is 27.7. The smallest absolute Gasteiger partial charge is 0.243 e. The van der Waals surface area contributed by atoms with Crippen LogP contribution in [0.3, 0.4) is 0 Å². The van der Waals surface area contributed by atoms with Gasteiger partial charge in [0.1, 0.15) is 11.6 Å². The van der Waals surface area contributed by atoms with E-state index in [2.05, 4.69) is 20.3 Å². The summed E-state index contributed by atoms with van der Waals surface area (Å²) in [5.41, 5.74) is 2.11. The number of likely N-dealkylation sites (N-methyl/N-ethyl adjacent to an activating group) is 1. The number of aromatic nitrogens is 3. The fraction of sp³-hybridized carbons (Fsp3) is 0.0909. The van der Waals surface area contributed by atoms with Crippen LogP contribution in [0.5, 0.6) is 0 Å². The third kappa shape index (κ3) is 4.19. The Kier molecular flexibility index (Phi) is 5.11. The molecule has 0 spiro atoms. The minimum Gasteiger partial charge on any atom is -0.350 e. The van der Waals surface area contributed by atoms with Crippen molar-refractivity contribution in [3.05, 3.63) is 78.9 Å². The largest absolute Gasteiger partial charge is 0.350 e. The third-order valence-corrected chi connectivity index (χ3v) is 4.37. The van der Waals surface area contributed by atoms with Crippen molar-refractivity contribution in [2.75, 3.05) is 23.8 Å². The van der Waals surface area contributed by atoms with Gasteiger partial charge in [-0.3, -0.25) is 9.78 Å². The summed E-state index contributed by atoms with van der Waals surface area (Å²) in [6.07, 6.45) is 3.40. The molecule has 0 saturated carbocycles. The van der Waals surface area contributed by atoms with Crippen molar-refractivity contribution in [1.82, 2.24) is 15.0 Å². The summed E-state index contributed by atoms with van der Waals surface area (Å²) < 4.78 is 13.0. The van der Waals surface area contributed by atoms with E-state index in [1.165, 1.54) is 24.3 Å². The van der Waals surface area contributed by atoms with Crippen molar-refractivity contribution in [1.29, 1.82) is 0 Å². The molecule has 0 saturated heterocycles. The summed E-state index contributed by atoms with van der Waals surface area (Å²) in [5, 5.41) is 3.61. The molecule has 4 aromatic rings. The van der Waals surface area contributed by atoms with Gasteiger partial charge in [0.25, 0.3) is 0 Å². The lowest BCUT2D eigenvalue weighted by atomic mass is 10.2. The van der Waals surface area contributed by atoms with E-state index in [-0.39, 0.29) is 18.3 Å². The minimum absolute atomic E-state index is 0.0743. The fourth-order valence-electron chi connectivity index (χ4n) is 3.00. The first-order valence-corrected chi connectivity index (χ1v) is 9.04. The summed E-state index contributed by atoms with van der Waals surface area (Å²) >= 11 is 0. The van der Waals surface area contributed by atoms with Crippen LogP contribution in [-0.4, -0.2) is 34.5 Å². The van der Waals surface area contributed by atoms with Crippen LogP contribution in [0.1, 0.15) is 0 Å². The van der Waals surface area contributed by atoms with Gasteiger partial charge in [-0.1, -0.05) is 12.1 Å². The molecule has 2 heterocycles. The summed E-state index contributed by atoms with van der Waals surface area (Å²) in [7, 11) is 1.80. The number of nitrogens with zero attached hydrogens (tertiary/aromatic N) is 4.